The van der Waals surface area contributed by atoms with Gasteiger partial charge in [-0.25, -0.2) is 18.4 Å². The number of nitrogens with zero attached hydrogens (tertiary/aromatic N) is 4. The lowest BCUT2D eigenvalue weighted by Gasteiger charge is -2.26. The van der Waals surface area contributed by atoms with E-state index in [0.29, 0.717) is 11.4 Å². The van der Waals surface area contributed by atoms with Crippen molar-refractivity contribution in [2.24, 2.45) is 5.92 Å². The minimum atomic E-state index is -3.84. The van der Waals surface area contributed by atoms with Gasteiger partial charge < -0.3 is 4.57 Å². The van der Waals surface area contributed by atoms with Gasteiger partial charge in [-0.15, -0.1) is 0 Å². The first kappa shape index (κ1) is 21.5. The Hall–Kier alpha value is -2.72. The molecule has 1 aliphatic carbocycles. The minimum Gasteiger partial charge on any atom is -0.327 e. The molecule has 0 spiro atoms. The number of rotatable bonds is 4. The van der Waals surface area contributed by atoms with E-state index in [1.54, 1.807) is 12.1 Å². The van der Waals surface area contributed by atoms with Crippen LogP contribution in [0.4, 0.5) is 0 Å². The summed E-state index contributed by atoms with van der Waals surface area (Å²) in [5, 5.41) is 8.94. The molecule has 1 aromatic carbocycles. The molecule has 0 radical (unpaired) electrons. The molecule has 1 aliphatic rings. The van der Waals surface area contributed by atoms with Crippen molar-refractivity contribution in [2.75, 3.05) is 0 Å². The average molecular weight is 437 g/mol. The summed E-state index contributed by atoms with van der Waals surface area (Å²) in [6, 6.07) is 11.5. The maximum Gasteiger partial charge on any atom is 0.223 e. The Balaban J connectivity index is 1.79. The average Bonchev–Trinajstić information content (AvgIpc) is 3.12. The predicted octanol–water partition coefficient (Wildman–Crippen LogP) is 5.01. The van der Waals surface area contributed by atoms with Crippen molar-refractivity contribution >= 4 is 20.9 Å². The van der Waals surface area contributed by atoms with E-state index < -0.39 is 9.84 Å². The number of fused-ring (bicyclic) bond motifs is 1. The maximum atomic E-state index is 13.1. The molecule has 162 valence electrons. The molecule has 0 amide bonds. The van der Waals surface area contributed by atoms with Gasteiger partial charge in [-0.3, -0.25) is 0 Å². The molecule has 0 saturated heterocycles. The fraction of sp³-hybridized carbons (Fsp3) is 0.458. The second-order valence-corrected chi connectivity index (χ2v) is 11.3. The number of aromatic nitrogens is 3. The molecule has 31 heavy (non-hydrogen) atoms. The van der Waals surface area contributed by atoms with Gasteiger partial charge in [0.15, 0.2) is 5.03 Å². The zero-order valence-corrected chi connectivity index (χ0v) is 19.1. The number of sulfone groups is 1. The minimum absolute atomic E-state index is 0.0777. The lowest BCUT2D eigenvalue weighted by molar-refractivity contribution is 0.313. The third-order valence-corrected chi connectivity index (χ3v) is 7.63. The molecule has 0 aliphatic heterocycles. The van der Waals surface area contributed by atoms with Crippen LogP contribution in [0.25, 0.3) is 11.0 Å². The standard InChI is InChI=1S/C24H28N4O2S/c1-24(2,3)23-27-20-14-19(31(29,30)22-11-7-10-18(15-25)26-22)12-13-21(20)28(23)16-17-8-5-4-6-9-17/h7,10-14,17H,4-6,8-9,16H2,1-3H3. The summed E-state index contributed by atoms with van der Waals surface area (Å²) in [5.41, 5.74) is 1.57. The van der Waals surface area contributed by atoms with Gasteiger partial charge in [0.05, 0.1) is 15.9 Å². The quantitative estimate of drug-likeness (QED) is 0.573. The second kappa shape index (κ2) is 8.08. The summed E-state index contributed by atoms with van der Waals surface area (Å²) >= 11 is 0. The Morgan fingerprint density at radius 3 is 2.52 bits per heavy atom. The maximum absolute atomic E-state index is 13.1. The molecule has 1 fully saturated rings. The van der Waals surface area contributed by atoms with Crippen LogP contribution in [0.3, 0.4) is 0 Å². The molecule has 2 heterocycles. The van der Waals surface area contributed by atoms with Crippen molar-refractivity contribution in [2.45, 2.75) is 74.8 Å². The van der Waals surface area contributed by atoms with Crippen LogP contribution in [0.5, 0.6) is 0 Å². The Morgan fingerprint density at radius 2 is 1.84 bits per heavy atom. The van der Waals surface area contributed by atoms with Crippen molar-refractivity contribution in [3.63, 3.8) is 0 Å². The van der Waals surface area contributed by atoms with Crippen LogP contribution in [0.2, 0.25) is 0 Å². The summed E-state index contributed by atoms with van der Waals surface area (Å²) in [4.78, 5) is 9.00. The highest BCUT2D eigenvalue weighted by Gasteiger charge is 2.27. The van der Waals surface area contributed by atoms with E-state index in [2.05, 4.69) is 30.3 Å². The summed E-state index contributed by atoms with van der Waals surface area (Å²) in [5.74, 6) is 1.61. The molecule has 1 saturated carbocycles. The first-order valence-corrected chi connectivity index (χ1v) is 12.3. The second-order valence-electron chi connectivity index (χ2n) is 9.43. The van der Waals surface area contributed by atoms with Crippen molar-refractivity contribution in [3.05, 3.63) is 47.9 Å². The van der Waals surface area contributed by atoms with E-state index in [1.165, 1.54) is 50.3 Å². The van der Waals surface area contributed by atoms with Gasteiger partial charge >= 0.3 is 0 Å². The molecule has 2 aromatic heterocycles. The Kier molecular flexibility index (Phi) is 5.61. The van der Waals surface area contributed by atoms with Crippen LogP contribution in [0.1, 0.15) is 64.4 Å². The first-order chi connectivity index (χ1) is 14.7. The van der Waals surface area contributed by atoms with Gasteiger partial charge in [0.1, 0.15) is 17.6 Å². The third-order valence-electron chi connectivity index (χ3n) is 5.98. The van der Waals surface area contributed by atoms with Crippen LogP contribution < -0.4 is 0 Å². The molecule has 6 nitrogen and oxygen atoms in total. The van der Waals surface area contributed by atoms with Crippen molar-refractivity contribution in [1.82, 2.24) is 14.5 Å². The fourth-order valence-corrected chi connectivity index (χ4v) is 5.64. The Labute approximate surface area is 183 Å². The van der Waals surface area contributed by atoms with E-state index in [4.69, 9.17) is 10.2 Å². The van der Waals surface area contributed by atoms with Gasteiger partial charge in [-0.2, -0.15) is 5.26 Å². The summed E-state index contributed by atoms with van der Waals surface area (Å²) < 4.78 is 28.6. The number of hydrogen-bond acceptors (Lipinski definition) is 5. The smallest absolute Gasteiger partial charge is 0.223 e. The number of pyridine rings is 1. The van der Waals surface area contributed by atoms with Crippen molar-refractivity contribution in [3.8, 4) is 6.07 Å². The molecule has 0 bridgehead atoms. The van der Waals surface area contributed by atoms with Gasteiger partial charge in [-0.1, -0.05) is 46.1 Å². The Bertz CT molecular complexity index is 1260. The highest BCUT2D eigenvalue weighted by Crippen LogP contribution is 2.32. The third kappa shape index (κ3) is 4.22. The highest BCUT2D eigenvalue weighted by molar-refractivity contribution is 7.91. The topological polar surface area (TPSA) is 88.6 Å². The largest absolute Gasteiger partial charge is 0.327 e. The molecule has 3 aromatic rings. The first-order valence-electron chi connectivity index (χ1n) is 10.8. The Morgan fingerprint density at radius 1 is 1.10 bits per heavy atom. The van der Waals surface area contributed by atoms with E-state index in [-0.39, 0.29) is 21.0 Å². The molecule has 4 rings (SSSR count). The fourth-order valence-electron chi connectivity index (χ4n) is 4.41. The zero-order chi connectivity index (χ0) is 22.2. The molecule has 0 unspecified atom stereocenters. The lowest BCUT2D eigenvalue weighted by Crippen LogP contribution is -2.22. The van der Waals surface area contributed by atoms with Gasteiger partial charge in [0.2, 0.25) is 9.84 Å². The zero-order valence-electron chi connectivity index (χ0n) is 18.3. The monoisotopic (exact) mass is 436 g/mol. The van der Waals surface area contributed by atoms with Gasteiger partial charge in [0, 0.05) is 12.0 Å². The SMILES string of the molecule is CC(C)(C)c1nc2cc(S(=O)(=O)c3cccc(C#N)n3)ccc2n1CC1CCCCC1. The van der Waals surface area contributed by atoms with Crippen LogP contribution in [0.15, 0.2) is 46.3 Å². The molecular weight excluding hydrogens is 408 g/mol. The van der Waals surface area contributed by atoms with Gasteiger partial charge in [0.25, 0.3) is 0 Å². The van der Waals surface area contributed by atoms with Crippen molar-refractivity contribution in [1.29, 1.82) is 5.26 Å². The van der Waals surface area contributed by atoms with Crippen molar-refractivity contribution < 1.29 is 8.42 Å². The summed E-state index contributed by atoms with van der Waals surface area (Å²) in [6.45, 7) is 7.34. The normalized spacial score (nSPS) is 15.8. The van der Waals surface area contributed by atoms with E-state index >= 15 is 0 Å². The number of hydrogen-bond donors (Lipinski definition) is 0. The van der Waals surface area contributed by atoms with Crippen LogP contribution >= 0.6 is 0 Å². The van der Waals surface area contributed by atoms with E-state index in [0.717, 1.165) is 17.9 Å². The van der Waals surface area contributed by atoms with E-state index in [9.17, 15) is 8.42 Å². The summed E-state index contributed by atoms with van der Waals surface area (Å²) in [6.07, 6.45) is 6.33. The van der Waals surface area contributed by atoms with Crippen LogP contribution in [-0.4, -0.2) is 23.0 Å². The number of nitriles is 1. The van der Waals surface area contributed by atoms with E-state index in [1.807, 2.05) is 12.1 Å². The lowest BCUT2D eigenvalue weighted by atomic mass is 9.88. The molecule has 7 heteroatoms. The van der Waals surface area contributed by atoms with Crippen LogP contribution in [0, 0.1) is 17.2 Å². The number of imidazole rings is 1. The van der Waals surface area contributed by atoms with Gasteiger partial charge in [-0.05, 0) is 49.1 Å². The molecular formula is C24H28N4O2S. The summed E-state index contributed by atoms with van der Waals surface area (Å²) in [7, 11) is -3.84. The number of benzene rings is 1. The van der Waals surface area contributed by atoms with Crippen LogP contribution in [-0.2, 0) is 21.8 Å². The molecule has 0 atom stereocenters. The molecule has 0 N–H and O–H groups in total. The highest BCUT2D eigenvalue weighted by atomic mass is 32.2. The predicted molar refractivity (Wildman–Crippen MR) is 119 cm³/mol.